The van der Waals surface area contributed by atoms with Gasteiger partial charge >= 0.3 is 12.1 Å². The fourth-order valence-electron chi connectivity index (χ4n) is 2.81. The van der Waals surface area contributed by atoms with E-state index < -0.39 is 29.0 Å². The third-order valence-corrected chi connectivity index (χ3v) is 5.41. The van der Waals surface area contributed by atoms with Gasteiger partial charge in [0.25, 0.3) is 0 Å². The lowest BCUT2D eigenvalue weighted by molar-refractivity contribution is -0.141. The van der Waals surface area contributed by atoms with Crippen molar-refractivity contribution in [3.05, 3.63) is 71.9 Å². The first-order valence-electron chi connectivity index (χ1n) is 10.3. The lowest BCUT2D eigenvalue weighted by Gasteiger charge is -2.14. The minimum atomic E-state index is -4.66. The Kier molecular flexibility index (Phi) is 7.93. The van der Waals surface area contributed by atoms with Gasteiger partial charge < -0.3 is 10.1 Å². The maximum atomic E-state index is 13.4. The van der Waals surface area contributed by atoms with Gasteiger partial charge in [0.05, 0.1) is 22.6 Å². The van der Waals surface area contributed by atoms with Crippen LogP contribution in [0.15, 0.2) is 65.8 Å². The van der Waals surface area contributed by atoms with Crippen LogP contribution in [0.3, 0.4) is 0 Å². The Hall–Kier alpha value is -3.40. The quantitative estimate of drug-likeness (QED) is 0.255. The van der Waals surface area contributed by atoms with Crippen LogP contribution in [0.25, 0.3) is 11.3 Å². The Bertz CT molecular complexity index is 1150. The predicted octanol–water partition coefficient (Wildman–Crippen LogP) is 5.85. The number of rotatable bonds is 7. The van der Waals surface area contributed by atoms with E-state index in [4.69, 9.17) is 4.74 Å². The summed E-state index contributed by atoms with van der Waals surface area (Å²) in [5, 5.41) is 1.71. The van der Waals surface area contributed by atoms with Crippen LogP contribution < -0.4 is 5.32 Å². The number of anilines is 1. The molecule has 34 heavy (non-hydrogen) atoms. The SMILES string of the molecule is CC(C)OC(=O)c1ccc(NC(=O)[C@@H](C)Sc2nc(-c3ccccc3)cc(C(F)(F)F)n2)cc1. The number of carbonyl (C=O) groups is 2. The van der Waals surface area contributed by atoms with Crippen molar-refractivity contribution in [3.63, 3.8) is 0 Å². The number of aromatic nitrogens is 2. The van der Waals surface area contributed by atoms with Crippen LogP contribution in [0.2, 0.25) is 0 Å². The lowest BCUT2D eigenvalue weighted by atomic mass is 10.1. The first-order valence-corrected chi connectivity index (χ1v) is 11.2. The van der Waals surface area contributed by atoms with Crippen LogP contribution in [0.5, 0.6) is 0 Å². The van der Waals surface area contributed by atoms with Crippen LogP contribution in [0.1, 0.15) is 36.8 Å². The molecule has 178 valence electrons. The molecule has 10 heteroatoms. The number of amides is 1. The molecule has 3 aromatic rings. The van der Waals surface area contributed by atoms with E-state index in [0.717, 1.165) is 17.8 Å². The van der Waals surface area contributed by atoms with E-state index in [1.807, 2.05) is 0 Å². The van der Waals surface area contributed by atoms with Crippen molar-refractivity contribution >= 4 is 29.3 Å². The number of thioether (sulfide) groups is 1. The second-order valence-electron chi connectivity index (χ2n) is 7.57. The Morgan fingerprint density at radius 3 is 2.21 bits per heavy atom. The van der Waals surface area contributed by atoms with E-state index in [1.165, 1.54) is 12.1 Å². The third kappa shape index (κ3) is 6.80. The normalized spacial score (nSPS) is 12.3. The Balaban J connectivity index is 1.74. The number of hydrogen-bond acceptors (Lipinski definition) is 6. The van der Waals surface area contributed by atoms with E-state index >= 15 is 0 Å². The molecule has 2 aromatic carbocycles. The summed E-state index contributed by atoms with van der Waals surface area (Å²) in [6.07, 6.45) is -4.92. The summed E-state index contributed by atoms with van der Waals surface area (Å²) in [4.78, 5) is 32.4. The predicted molar refractivity (Wildman–Crippen MR) is 123 cm³/mol. The minimum absolute atomic E-state index is 0.113. The molecule has 0 aliphatic heterocycles. The molecule has 0 fully saturated rings. The molecule has 0 bridgehead atoms. The molecule has 6 nitrogen and oxygen atoms in total. The number of esters is 1. The largest absolute Gasteiger partial charge is 0.459 e. The number of halogens is 3. The molecule has 1 amide bonds. The third-order valence-electron chi connectivity index (χ3n) is 4.45. The number of alkyl halides is 3. The van der Waals surface area contributed by atoms with Gasteiger partial charge in [-0.05, 0) is 51.1 Å². The molecule has 3 rings (SSSR count). The fourth-order valence-corrected chi connectivity index (χ4v) is 3.59. The molecule has 0 aliphatic carbocycles. The first kappa shape index (κ1) is 25.2. The van der Waals surface area contributed by atoms with Crippen molar-refractivity contribution in [3.8, 4) is 11.3 Å². The first-order chi connectivity index (χ1) is 16.0. The molecule has 1 aromatic heterocycles. The molecule has 1 atom stereocenters. The standard InChI is InChI=1S/C24H22F3N3O3S/c1-14(2)33-22(32)17-9-11-18(12-10-17)28-21(31)15(3)34-23-29-19(16-7-5-4-6-8-16)13-20(30-23)24(25,26)27/h4-15H,1-3H3,(H,28,31)/t15-/m1/s1. The molecular weight excluding hydrogens is 467 g/mol. The molecule has 0 unspecified atom stereocenters. The van der Waals surface area contributed by atoms with Crippen LogP contribution in [-0.2, 0) is 15.7 Å². The Labute approximate surface area is 199 Å². The Morgan fingerprint density at radius 2 is 1.62 bits per heavy atom. The summed E-state index contributed by atoms with van der Waals surface area (Å²) < 4.78 is 45.3. The van der Waals surface area contributed by atoms with Crippen molar-refractivity contribution in [2.75, 3.05) is 5.32 Å². The van der Waals surface area contributed by atoms with Gasteiger partial charge in [-0.15, -0.1) is 0 Å². The van der Waals surface area contributed by atoms with E-state index in [1.54, 1.807) is 63.2 Å². The zero-order valence-corrected chi connectivity index (χ0v) is 19.4. The van der Waals surface area contributed by atoms with Gasteiger partial charge in [0.15, 0.2) is 5.16 Å². The average Bonchev–Trinajstić information content (AvgIpc) is 2.79. The molecule has 0 saturated carbocycles. The van der Waals surface area contributed by atoms with Gasteiger partial charge in [0.2, 0.25) is 5.91 Å². The molecule has 0 aliphatic rings. The highest BCUT2D eigenvalue weighted by molar-refractivity contribution is 8.00. The number of nitrogens with one attached hydrogen (secondary N) is 1. The van der Waals surface area contributed by atoms with Crippen LogP contribution in [-0.4, -0.2) is 33.2 Å². The molecule has 0 radical (unpaired) electrons. The monoisotopic (exact) mass is 489 g/mol. The summed E-state index contributed by atoms with van der Waals surface area (Å²) in [7, 11) is 0. The van der Waals surface area contributed by atoms with E-state index in [0.29, 0.717) is 16.8 Å². The second kappa shape index (κ2) is 10.7. The smallest absolute Gasteiger partial charge is 0.433 e. The summed E-state index contributed by atoms with van der Waals surface area (Å²) >= 11 is 0.817. The maximum absolute atomic E-state index is 13.4. The van der Waals surface area contributed by atoms with Crippen molar-refractivity contribution in [1.29, 1.82) is 0 Å². The summed E-state index contributed by atoms with van der Waals surface area (Å²) in [5.41, 5.74) is 0.293. The summed E-state index contributed by atoms with van der Waals surface area (Å²) in [6, 6.07) is 15.4. The fraction of sp³-hybridized carbons (Fsp3) is 0.250. The number of hydrogen-bond donors (Lipinski definition) is 1. The van der Waals surface area contributed by atoms with Crippen molar-refractivity contribution in [2.45, 2.75) is 43.5 Å². The zero-order chi connectivity index (χ0) is 24.9. The van der Waals surface area contributed by atoms with Crippen LogP contribution in [0.4, 0.5) is 18.9 Å². The highest BCUT2D eigenvalue weighted by atomic mass is 32.2. The minimum Gasteiger partial charge on any atom is -0.459 e. The number of ether oxygens (including phenoxy) is 1. The highest BCUT2D eigenvalue weighted by Gasteiger charge is 2.34. The molecule has 0 saturated heterocycles. The molecule has 1 N–H and O–H groups in total. The molecule has 1 heterocycles. The van der Waals surface area contributed by atoms with Gasteiger partial charge in [0.1, 0.15) is 5.69 Å². The van der Waals surface area contributed by atoms with Crippen molar-refractivity contribution < 1.29 is 27.5 Å². The summed E-state index contributed by atoms with van der Waals surface area (Å²) in [6.45, 7) is 5.02. The zero-order valence-electron chi connectivity index (χ0n) is 18.6. The van der Waals surface area contributed by atoms with Crippen molar-refractivity contribution in [1.82, 2.24) is 9.97 Å². The molecule has 0 spiro atoms. The summed E-state index contributed by atoms with van der Waals surface area (Å²) in [5.74, 6) is -0.933. The number of nitrogens with zero attached hydrogens (tertiary/aromatic N) is 2. The van der Waals surface area contributed by atoms with Gasteiger partial charge in [-0.2, -0.15) is 13.2 Å². The van der Waals surface area contributed by atoms with Crippen molar-refractivity contribution in [2.24, 2.45) is 0 Å². The lowest BCUT2D eigenvalue weighted by Crippen LogP contribution is -2.23. The average molecular weight is 490 g/mol. The van der Waals surface area contributed by atoms with Crippen LogP contribution >= 0.6 is 11.8 Å². The number of carbonyl (C=O) groups excluding carboxylic acids is 2. The highest BCUT2D eigenvalue weighted by Crippen LogP contribution is 2.33. The topological polar surface area (TPSA) is 81.2 Å². The van der Waals surface area contributed by atoms with Crippen LogP contribution in [0, 0.1) is 0 Å². The molecular formula is C24H22F3N3O3S. The second-order valence-corrected chi connectivity index (χ2v) is 8.87. The Morgan fingerprint density at radius 1 is 0.971 bits per heavy atom. The van der Waals surface area contributed by atoms with Gasteiger partial charge in [-0.3, -0.25) is 4.79 Å². The maximum Gasteiger partial charge on any atom is 0.433 e. The van der Waals surface area contributed by atoms with E-state index in [-0.39, 0.29) is 17.0 Å². The number of benzene rings is 2. The van der Waals surface area contributed by atoms with E-state index in [9.17, 15) is 22.8 Å². The van der Waals surface area contributed by atoms with E-state index in [2.05, 4.69) is 15.3 Å². The van der Waals surface area contributed by atoms with Gasteiger partial charge in [0, 0.05) is 11.3 Å². The van der Waals surface area contributed by atoms with Gasteiger partial charge in [-0.25, -0.2) is 14.8 Å². The van der Waals surface area contributed by atoms with Gasteiger partial charge in [-0.1, -0.05) is 42.1 Å².